The summed E-state index contributed by atoms with van der Waals surface area (Å²) in [6, 6.07) is 14.9. The van der Waals surface area contributed by atoms with Gasteiger partial charge in [0.25, 0.3) is 0 Å². The van der Waals surface area contributed by atoms with Crippen LogP contribution in [0.1, 0.15) is 6.92 Å². The van der Waals surface area contributed by atoms with Crippen LogP contribution in [0.15, 0.2) is 72.1 Å². The molecule has 8 nitrogen and oxygen atoms in total. The number of thioether (sulfide) groups is 1. The lowest BCUT2D eigenvalue weighted by molar-refractivity contribution is -0.115. The third kappa shape index (κ3) is 4.37. The fourth-order valence-corrected chi connectivity index (χ4v) is 4.15. The van der Waals surface area contributed by atoms with E-state index in [4.69, 9.17) is 9.47 Å². The maximum absolute atomic E-state index is 13.5. The zero-order chi connectivity index (χ0) is 22.8. The van der Waals surface area contributed by atoms with Crippen LogP contribution < -0.4 is 14.8 Å². The van der Waals surface area contributed by atoms with E-state index in [0.29, 0.717) is 33.9 Å². The quantitative estimate of drug-likeness (QED) is 0.426. The maximum atomic E-state index is 13.5. The van der Waals surface area contributed by atoms with E-state index in [1.807, 2.05) is 12.1 Å². The Morgan fingerprint density at radius 2 is 1.82 bits per heavy atom. The molecular weight excluding hydrogens is 445 g/mol. The van der Waals surface area contributed by atoms with E-state index in [9.17, 15) is 9.18 Å². The average Bonchev–Trinajstić information content (AvgIpc) is 3.47. The second kappa shape index (κ2) is 8.91. The van der Waals surface area contributed by atoms with Crippen LogP contribution in [0.4, 0.5) is 10.1 Å². The lowest BCUT2D eigenvalue weighted by Crippen LogP contribution is -2.22. The Balaban J connectivity index is 1.41. The number of rotatable bonds is 6. The number of amides is 1. The van der Waals surface area contributed by atoms with Gasteiger partial charge in [0.05, 0.1) is 5.25 Å². The van der Waals surface area contributed by atoms with Gasteiger partial charge in [-0.2, -0.15) is 0 Å². The number of anilines is 1. The second-order valence-electron chi connectivity index (χ2n) is 7.17. The molecule has 166 valence electrons. The van der Waals surface area contributed by atoms with Gasteiger partial charge in [0.2, 0.25) is 12.7 Å². The van der Waals surface area contributed by atoms with Gasteiger partial charge in [-0.1, -0.05) is 11.8 Å². The molecule has 2 aromatic heterocycles. The highest BCUT2D eigenvalue weighted by Gasteiger charge is 2.23. The second-order valence-corrected chi connectivity index (χ2v) is 8.48. The summed E-state index contributed by atoms with van der Waals surface area (Å²) < 4.78 is 26.0. The van der Waals surface area contributed by atoms with Crippen LogP contribution in [0.2, 0.25) is 0 Å². The molecule has 1 aliphatic heterocycles. The first-order valence-corrected chi connectivity index (χ1v) is 11.0. The van der Waals surface area contributed by atoms with Gasteiger partial charge in [-0.05, 0) is 55.5 Å². The van der Waals surface area contributed by atoms with E-state index in [2.05, 4.69) is 20.5 Å². The molecule has 1 N–H and O–H groups in total. The number of benzene rings is 2. The van der Waals surface area contributed by atoms with Crippen LogP contribution >= 0.6 is 11.8 Å². The molecule has 0 saturated heterocycles. The van der Waals surface area contributed by atoms with E-state index in [-0.39, 0.29) is 18.5 Å². The number of hydrogen-bond donors (Lipinski definition) is 1. The summed E-state index contributed by atoms with van der Waals surface area (Å²) >= 11 is 1.25. The lowest BCUT2D eigenvalue weighted by Gasteiger charge is -2.14. The normalized spacial score (nSPS) is 13.0. The number of carbonyl (C=O) groups is 1. The van der Waals surface area contributed by atoms with Crippen molar-refractivity contribution in [2.75, 3.05) is 12.1 Å². The molecule has 33 heavy (non-hydrogen) atoms. The molecule has 4 aromatic rings. The Hall–Kier alpha value is -3.92. The highest BCUT2D eigenvalue weighted by Crippen LogP contribution is 2.35. The van der Waals surface area contributed by atoms with Crippen LogP contribution in [0.5, 0.6) is 11.5 Å². The number of aromatic nitrogens is 4. The average molecular weight is 463 g/mol. The third-order valence-electron chi connectivity index (χ3n) is 4.95. The van der Waals surface area contributed by atoms with Crippen molar-refractivity contribution in [3.63, 3.8) is 0 Å². The van der Waals surface area contributed by atoms with Gasteiger partial charge in [-0.15, -0.1) is 10.2 Å². The molecule has 0 saturated carbocycles. The minimum atomic E-state index is -0.496. The fraction of sp³-hybridized carbons (Fsp3) is 0.130. The van der Waals surface area contributed by atoms with Crippen molar-refractivity contribution >= 4 is 23.4 Å². The van der Waals surface area contributed by atoms with Gasteiger partial charge in [0, 0.05) is 35.4 Å². The molecule has 2 aromatic carbocycles. The number of halogens is 1. The Bertz CT molecular complexity index is 1300. The molecule has 0 radical (unpaired) electrons. The zero-order valence-corrected chi connectivity index (χ0v) is 18.3. The minimum absolute atomic E-state index is 0.165. The predicted molar refractivity (Wildman–Crippen MR) is 121 cm³/mol. The van der Waals surface area contributed by atoms with E-state index in [1.165, 1.54) is 23.9 Å². The smallest absolute Gasteiger partial charge is 0.237 e. The third-order valence-corrected chi connectivity index (χ3v) is 5.99. The van der Waals surface area contributed by atoms with E-state index in [0.717, 1.165) is 5.56 Å². The van der Waals surface area contributed by atoms with Crippen LogP contribution in [0.25, 0.3) is 17.1 Å². The van der Waals surface area contributed by atoms with Gasteiger partial charge in [-0.3, -0.25) is 14.3 Å². The number of nitrogens with one attached hydrogen (secondary N) is 1. The Morgan fingerprint density at radius 3 is 2.61 bits per heavy atom. The van der Waals surface area contributed by atoms with Crippen LogP contribution in [0.3, 0.4) is 0 Å². The summed E-state index contributed by atoms with van der Waals surface area (Å²) in [7, 11) is 0. The first kappa shape index (κ1) is 21.0. The van der Waals surface area contributed by atoms with Crippen molar-refractivity contribution in [3.05, 3.63) is 72.8 Å². The van der Waals surface area contributed by atoms with Gasteiger partial charge < -0.3 is 14.8 Å². The summed E-state index contributed by atoms with van der Waals surface area (Å²) in [5.41, 5.74) is 2.08. The number of hydrogen-bond acceptors (Lipinski definition) is 7. The lowest BCUT2D eigenvalue weighted by atomic mass is 10.2. The topological polar surface area (TPSA) is 91.2 Å². The Labute approximate surface area is 192 Å². The fourth-order valence-electron chi connectivity index (χ4n) is 3.29. The molecule has 1 atom stereocenters. The summed E-state index contributed by atoms with van der Waals surface area (Å²) in [6.45, 7) is 1.95. The number of nitrogens with zero attached hydrogens (tertiary/aromatic N) is 4. The number of carbonyl (C=O) groups excluding carboxylic acids is 1. The number of ether oxygens (including phenoxy) is 2. The van der Waals surface area contributed by atoms with Gasteiger partial charge in [-0.25, -0.2) is 4.39 Å². The molecule has 1 aliphatic rings. The molecule has 3 heterocycles. The summed E-state index contributed by atoms with van der Waals surface area (Å²) in [5, 5.41) is 11.5. The minimum Gasteiger partial charge on any atom is -0.454 e. The first-order chi connectivity index (χ1) is 16.1. The van der Waals surface area contributed by atoms with Crippen molar-refractivity contribution in [2.45, 2.75) is 17.3 Å². The first-order valence-electron chi connectivity index (χ1n) is 10.1. The largest absolute Gasteiger partial charge is 0.454 e. The number of fused-ring (bicyclic) bond motifs is 1. The molecule has 1 amide bonds. The summed E-state index contributed by atoms with van der Waals surface area (Å²) in [4.78, 5) is 16.9. The predicted octanol–water partition coefficient (Wildman–Crippen LogP) is 4.32. The molecular formula is C23H18FN5O3S. The maximum Gasteiger partial charge on any atom is 0.237 e. The summed E-state index contributed by atoms with van der Waals surface area (Å²) in [6.07, 6.45) is 3.32. The molecule has 0 unspecified atom stereocenters. The molecule has 10 heteroatoms. The van der Waals surface area contributed by atoms with Crippen molar-refractivity contribution in [3.8, 4) is 28.6 Å². The highest BCUT2D eigenvalue weighted by atomic mass is 32.2. The SMILES string of the molecule is C[C@@H](Sc1nnc(-c2ccncc2)n1-c1ccc(F)cc1)C(=O)Nc1ccc2c(c1)OCO2. The number of pyridine rings is 1. The van der Waals surface area contributed by atoms with E-state index < -0.39 is 5.25 Å². The summed E-state index contributed by atoms with van der Waals surface area (Å²) in [5.74, 6) is 1.24. The standard InChI is InChI=1S/C23H18FN5O3S/c1-14(22(30)26-17-4-7-19-20(12-17)32-13-31-19)33-23-28-27-21(15-8-10-25-11-9-15)29(23)18-5-2-16(24)3-6-18/h2-12,14H,13H2,1H3,(H,26,30)/t14-/m1/s1. The monoisotopic (exact) mass is 463 g/mol. The van der Waals surface area contributed by atoms with Crippen LogP contribution in [-0.4, -0.2) is 37.7 Å². The van der Waals surface area contributed by atoms with Crippen molar-refractivity contribution < 1.29 is 18.7 Å². The Morgan fingerprint density at radius 1 is 1.06 bits per heavy atom. The van der Waals surface area contributed by atoms with Crippen LogP contribution in [0, 0.1) is 5.82 Å². The molecule has 0 spiro atoms. The Kier molecular flexibility index (Phi) is 5.66. The van der Waals surface area contributed by atoms with Gasteiger partial charge in [0.15, 0.2) is 22.5 Å². The van der Waals surface area contributed by atoms with Crippen molar-refractivity contribution in [1.82, 2.24) is 19.7 Å². The van der Waals surface area contributed by atoms with Crippen molar-refractivity contribution in [1.29, 1.82) is 0 Å². The zero-order valence-electron chi connectivity index (χ0n) is 17.4. The highest BCUT2D eigenvalue weighted by molar-refractivity contribution is 8.00. The van der Waals surface area contributed by atoms with Gasteiger partial charge >= 0.3 is 0 Å². The van der Waals surface area contributed by atoms with Gasteiger partial charge in [0.1, 0.15) is 5.82 Å². The van der Waals surface area contributed by atoms with Crippen LogP contribution in [-0.2, 0) is 4.79 Å². The van der Waals surface area contributed by atoms with E-state index in [1.54, 1.807) is 54.2 Å². The molecule has 0 fully saturated rings. The van der Waals surface area contributed by atoms with Crippen molar-refractivity contribution in [2.24, 2.45) is 0 Å². The molecule has 0 bridgehead atoms. The van der Waals surface area contributed by atoms with E-state index >= 15 is 0 Å². The molecule has 5 rings (SSSR count). The molecule has 0 aliphatic carbocycles.